The van der Waals surface area contributed by atoms with E-state index >= 15 is 0 Å². The molecule has 0 spiro atoms. The largest absolute Gasteiger partial charge is 0.423 e. The molecule has 9 heteroatoms. The molecule has 0 aliphatic heterocycles. The normalized spacial score (nSPS) is 11.7. The lowest BCUT2D eigenvalue weighted by Crippen LogP contribution is -2.25. The molecule has 1 heterocycles. The molecular weight excluding hydrogens is 299 g/mol. The van der Waals surface area contributed by atoms with Gasteiger partial charge in [0.25, 0.3) is 0 Å². The monoisotopic (exact) mass is 305 g/mol. The lowest BCUT2D eigenvalue weighted by Gasteiger charge is -2.13. The number of aryl methyl sites for hydroxylation is 1. The second-order valence-electron chi connectivity index (χ2n) is 3.91. The van der Waals surface area contributed by atoms with Crippen molar-refractivity contribution in [3.63, 3.8) is 0 Å². The Labute approximate surface area is 115 Å². The number of halogens is 4. The molecule has 0 radical (unpaired) electrons. The number of alkyl halides is 3. The average molecular weight is 306 g/mol. The molecule has 2 aromatic rings. The zero-order valence-corrected chi connectivity index (χ0v) is 10.7. The van der Waals surface area contributed by atoms with Crippen molar-refractivity contribution < 1.29 is 18.4 Å². The summed E-state index contributed by atoms with van der Waals surface area (Å²) < 4.78 is 38.9. The lowest BCUT2D eigenvalue weighted by molar-refractivity contribution is -0.137. The molecule has 1 N–H and O–H groups in total. The van der Waals surface area contributed by atoms with Crippen molar-refractivity contribution in [1.82, 2.24) is 14.9 Å². The predicted molar refractivity (Wildman–Crippen MR) is 63.7 cm³/mol. The Kier molecular flexibility index (Phi) is 3.43. The molecule has 2 rings (SSSR count). The first-order valence-electron chi connectivity index (χ1n) is 5.24. The highest BCUT2D eigenvalue weighted by Crippen LogP contribution is 2.37. The number of nitrogens with zero attached hydrogens (tertiary/aromatic N) is 3. The van der Waals surface area contributed by atoms with Gasteiger partial charge in [-0.05, 0) is 25.1 Å². The fourth-order valence-electron chi connectivity index (χ4n) is 1.57. The van der Waals surface area contributed by atoms with Gasteiger partial charge in [-0.15, -0.1) is 14.9 Å². The zero-order valence-electron chi connectivity index (χ0n) is 9.94. The van der Waals surface area contributed by atoms with E-state index in [0.717, 1.165) is 6.07 Å². The molecule has 1 aromatic carbocycles. The van der Waals surface area contributed by atoms with Crippen LogP contribution in [0.5, 0.6) is 0 Å². The van der Waals surface area contributed by atoms with Crippen LogP contribution in [0.1, 0.15) is 11.3 Å². The standard InChI is InChI=1S/C11H7ClF3N3O2/c1-5-10(19)18(20)9(17-16-5)7-3-2-6(12)4-8(7)11(13,14)15/h2-4,20H,1H3. The molecule has 5 nitrogen and oxygen atoms in total. The van der Waals surface area contributed by atoms with E-state index in [1.165, 1.54) is 13.0 Å². The molecule has 0 saturated heterocycles. The van der Waals surface area contributed by atoms with Crippen LogP contribution in [0.25, 0.3) is 11.4 Å². The van der Waals surface area contributed by atoms with Gasteiger partial charge in [0.2, 0.25) is 5.82 Å². The van der Waals surface area contributed by atoms with Crippen molar-refractivity contribution >= 4 is 11.6 Å². The van der Waals surface area contributed by atoms with Crippen LogP contribution in [0.15, 0.2) is 23.0 Å². The number of aromatic nitrogens is 3. The van der Waals surface area contributed by atoms with E-state index in [9.17, 15) is 23.2 Å². The van der Waals surface area contributed by atoms with E-state index in [0.29, 0.717) is 6.07 Å². The number of hydrogen-bond donors (Lipinski definition) is 1. The van der Waals surface area contributed by atoms with Gasteiger partial charge in [0.05, 0.1) is 5.56 Å². The second-order valence-corrected chi connectivity index (χ2v) is 4.35. The Balaban J connectivity index is 2.77. The van der Waals surface area contributed by atoms with Crippen molar-refractivity contribution in [1.29, 1.82) is 0 Å². The topological polar surface area (TPSA) is 68.0 Å². The first-order chi connectivity index (χ1) is 9.21. The molecule has 0 aliphatic carbocycles. The third-order valence-electron chi connectivity index (χ3n) is 2.53. The molecule has 106 valence electrons. The quantitative estimate of drug-likeness (QED) is 0.822. The molecule has 0 unspecified atom stereocenters. The second kappa shape index (κ2) is 4.78. The molecular formula is C11H7ClF3N3O2. The average Bonchev–Trinajstić information content (AvgIpc) is 2.36. The summed E-state index contributed by atoms with van der Waals surface area (Å²) >= 11 is 5.54. The Morgan fingerprint density at radius 3 is 2.55 bits per heavy atom. The molecule has 1 aromatic heterocycles. The van der Waals surface area contributed by atoms with Gasteiger partial charge in [-0.3, -0.25) is 4.79 Å². The van der Waals surface area contributed by atoms with Gasteiger partial charge in [0.1, 0.15) is 5.69 Å². The maximum absolute atomic E-state index is 12.9. The fraction of sp³-hybridized carbons (Fsp3) is 0.182. The number of hydrogen-bond acceptors (Lipinski definition) is 4. The Hall–Kier alpha value is -2.09. The van der Waals surface area contributed by atoms with Gasteiger partial charge < -0.3 is 5.21 Å². The summed E-state index contributed by atoms with van der Waals surface area (Å²) in [5, 5.41) is 16.3. The van der Waals surface area contributed by atoms with Crippen molar-refractivity contribution in [2.75, 3.05) is 0 Å². The fourth-order valence-corrected chi connectivity index (χ4v) is 1.74. The lowest BCUT2D eigenvalue weighted by atomic mass is 10.1. The Bertz CT molecular complexity index is 728. The molecule has 0 atom stereocenters. The first-order valence-corrected chi connectivity index (χ1v) is 5.62. The van der Waals surface area contributed by atoms with Crippen LogP contribution >= 0.6 is 11.6 Å². The highest BCUT2D eigenvalue weighted by atomic mass is 35.5. The Morgan fingerprint density at radius 1 is 1.30 bits per heavy atom. The first kappa shape index (κ1) is 14.3. The molecule has 0 bridgehead atoms. The highest BCUT2D eigenvalue weighted by Gasteiger charge is 2.35. The summed E-state index contributed by atoms with van der Waals surface area (Å²) in [6, 6.07) is 2.89. The van der Waals surface area contributed by atoms with Crippen LogP contribution < -0.4 is 5.56 Å². The number of benzene rings is 1. The van der Waals surface area contributed by atoms with Crippen LogP contribution in [-0.2, 0) is 6.18 Å². The van der Waals surface area contributed by atoms with Gasteiger partial charge in [-0.2, -0.15) is 13.2 Å². The van der Waals surface area contributed by atoms with Crippen molar-refractivity contribution in [3.05, 3.63) is 44.8 Å². The zero-order chi connectivity index (χ0) is 15.1. The van der Waals surface area contributed by atoms with Gasteiger partial charge >= 0.3 is 11.7 Å². The summed E-state index contributed by atoms with van der Waals surface area (Å²) in [6.07, 6.45) is -4.72. The third kappa shape index (κ3) is 2.46. The minimum atomic E-state index is -4.72. The smallest absolute Gasteiger partial charge is 0.417 e. The van der Waals surface area contributed by atoms with E-state index in [4.69, 9.17) is 11.6 Å². The van der Waals surface area contributed by atoms with Crippen LogP contribution in [0.3, 0.4) is 0 Å². The minimum absolute atomic E-state index is 0.0286. The third-order valence-corrected chi connectivity index (χ3v) is 2.76. The maximum atomic E-state index is 12.9. The summed E-state index contributed by atoms with van der Waals surface area (Å²) in [5.74, 6) is -0.607. The summed E-state index contributed by atoms with van der Waals surface area (Å²) in [7, 11) is 0. The van der Waals surface area contributed by atoms with E-state index in [-0.39, 0.29) is 15.4 Å². The van der Waals surface area contributed by atoms with Gasteiger partial charge in [0.15, 0.2) is 0 Å². The molecule has 0 fully saturated rings. The molecule has 0 amide bonds. The van der Waals surface area contributed by atoms with Crippen molar-refractivity contribution in [2.24, 2.45) is 0 Å². The van der Waals surface area contributed by atoms with Crippen LogP contribution in [0.4, 0.5) is 13.2 Å². The van der Waals surface area contributed by atoms with E-state index in [2.05, 4.69) is 10.2 Å². The van der Waals surface area contributed by atoms with E-state index < -0.39 is 28.7 Å². The van der Waals surface area contributed by atoms with Gasteiger partial charge in [0, 0.05) is 10.6 Å². The number of rotatable bonds is 1. The Morgan fingerprint density at radius 2 is 1.95 bits per heavy atom. The summed E-state index contributed by atoms with van der Waals surface area (Å²) in [4.78, 5) is 11.5. The highest BCUT2D eigenvalue weighted by molar-refractivity contribution is 6.30. The SMILES string of the molecule is Cc1nnc(-c2ccc(Cl)cc2C(F)(F)F)n(O)c1=O. The molecule has 0 saturated carbocycles. The molecule has 20 heavy (non-hydrogen) atoms. The van der Waals surface area contributed by atoms with Crippen molar-refractivity contribution in [3.8, 4) is 11.4 Å². The minimum Gasteiger partial charge on any atom is -0.423 e. The van der Waals surface area contributed by atoms with Crippen LogP contribution in [0, 0.1) is 6.92 Å². The van der Waals surface area contributed by atoms with Gasteiger partial charge in [-0.25, -0.2) is 0 Å². The maximum Gasteiger partial charge on any atom is 0.417 e. The van der Waals surface area contributed by atoms with Crippen LogP contribution in [0.2, 0.25) is 5.02 Å². The van der Waals surface area contributed by atoms with Gasteiger partial charge in [-0.1, -0.05) is 11.6 Å². The predicted octanol–water partition coefficient (Wildman–Crippen LogP) is 2.52. The van der Waals surface area contributed by atoms with E-state index in [1.54, 1.807) is 0 Å². The summed E-state index contributed by atoms with van der Waals surface area (Å²) in [6.45, 7) is 1.28. The van der Waals surface area contributed by atoms with Crippen molar-refractivity contribution in [2.45, 2.75) is 13.1 Å². The van der Waals surface area contributed by atoms with E-state index in [1.807, 2.05) is 0 Å². The van der Waals surface area contributed by atoms with Crippen LogP contribution in [-0.4, -0.2) is 20.1 Å². The molecule has 0 aliphatic rings. The summed E-state index contributed by atoms with van der Waals surface area (Å²) in [5.41, 5.74) is -2.70.